The van der Waals surface area contributed by atoms with Crippen LogP contribution in [0.2, 0.25) is 0 Å². The number of amides is 1. The second-order valence-corrected chi connectivity index (χ2v) is 6.87. The fourth-order valence-corrected chi connectivity index (χ4v) is 3.77. The van der Waals surface area contributed by atoms with Crippen LogP contribution in [0.4, 0.5) is 0 Å². The molecule has 1 aliphatic heterocycles. The monoisotopic (exact) mass is 296 g/mol. The van der Waals surface area contributed by atoms with Crippen molar-refractivity contribution in [3.63, 3.8) is 0 Å². The molecule has 1 saturated heterocycles. The lowest BCUT2D eigenvalue weighted by Gasteiger charge is -2.40. The van der Waals surface area contributed by atoms with Gasteiger partial charge in [-0.3, -0.25) is 9.59 Å². The highest BCUT2D eigenvalue weighted by Crippen LogP contribution is 2.39. The second kappa shape index (κ2) is 6.77. The Labute approximate surface area is 127 Å². The maximum Gasteiger partial charge on any atom is 0.310 e. The molecular weight excluding hydrogens is 268 g/mol. The van der Waals surface area contributed by atoms with Crippen molar-refractivity contribution in [1.29, 1.82) is 0 Å². The predicted octanol–water partition coefficient (Wildman–Crippen LogP) is 1.96. The molecule has 0 spiro atoms. The summed E-state index contributed by atoms with van der Waals surface area (Å²) in [6.07, 6.45) is 5.51. The summed E-state index contributed by atoms with van der Waals surface area (Å²) in [4.78, 5) is 28.6. The summed E-state index contributed by atoms with van der Waals surface area (Å²) in [6, 6.07) is 0.174. The van der Waals surface area contributed by atoms with Crippen molar-refractivity contribution in [3.8, 4) is 0 Å². The van der Waals surface area contributed by atoms with Gasteiger partial charge in [-0.05, 0) is 26.8 Å². The number of likely N-dealkylation sites (N-methyl/N-ethyl adjacent to an activating group) is 1. The minimum atomic E-state index is -0.823. The number of rotatable bonds is 3. The van der Waals surface area contributed by atoms with Crippen molar-refractivity contribution in [2.75, 3.05) is 26.7 Å². The van der Waals surface area contributed by atoms with Crippen molar-refractivity contribution in [1.82, 2.24) is 9.80 Å². The van der Waals surface area contributed by atoms with Gasteiger partial charge in [0.05, 0.1) is 5.41 Å². The summed E-state index contributed by atoms with van der Waals surface area (Å²) in [5.74, 6) is -0.751. The van der Waals surface area contributed by atoms with Gasteiger partial charge in [-0.15, -0.1) is 0 Å². The Morgan fingerprint density at radius 1 is 1.14 bits per heavy atom. The Hall–Kier alpha value is -1.10. The summed E-state index contributed by atoms with van der Waals surface area (Å²) in [5.41, 5.74) is -0.823. The van der Waals surface area contributed by atoms with Crippen LogP contribution in [0.25, 0.3) is 0 Å². The molecular formula is C16H28N2O3. The van der Waals surface area contributed by atoms with Crippen molar-refractivity contribution < 1.29 is 14.7 Å². The first-order valence-corrected chi connectivity index (χ1v) is 8.16. The zero-order valence-corrected chi connectivity index (χ0v) is 13.3. The van der Waals surface area contributed by atoms with Crippen molar-refractivity contribution in [2.45, 2.75) is 57.9 Å². The third-order valence-electron chi connectivity index (χ3n) is 5.15. The first-order valence-electron chi connectivity index (χ1n) is 8.16. The molecule has 1 saturated carbocycles. The molecule has 1 aliphatic carbocycles. The summed E-state index contributed by atoms with van der Waals surface area (Å²) < 4.78 is 0. The van der Waals surface area contributed by atoms with Gasteiger partial charge in [0.2, 0.25) is 5.91 Å². The van der Waals surface area contributed by atoms with Gasteiger partial charge in [-0.1, -0.05) is 25.7 Å². The number of aliphatic carboxylic acids is 1. The molecule has 1 atom stereocenters. The Morgan fingerprint density at radius 2 is 1.76 bits per heavy atom. The number of piperazine rings is 1. The van der Waals surface area contributed by atoms with Crippen LogP contribution in [0.5, 0.6) is 0 Å². The van der Waals surface area contributed by atoms with E-state index in [-0.39, 0.29) is 18.4 Å². The smallest absolute Gasteiger partial charge is 0.310 e. The number of nitrogens with zero attached hydrogens (tertiary/aromatic N) is 2. The Bertz CT molecular complexity index is 389. The van der Waals surface area contributed by atoms with Crippen LogP contribution in [0.1, 0.15) is 51.9 Å². The van der Waals surface area contributed by atoms with E-state index in [9.17, 15) is 14.7 Å². The lowest BCUT2D eigenvalue weighted by Crippen LogP contribution is -2.54. The molecule has 2 fully saturated rings. The van der Waals surface area contributed by atoms with E-state index >= 15 is 0 Å². The topological polar surface area (TPSA) is 60.9 Å². The van der Waals surface area contributed by atoms with E-state index in [4.69, 9.17) is 0 Å². The molecule has 2 aliphatic rings. The fourth-order valence-electron chi connectivity index (χ4n) is 3.77. The summed E-state index contributed by atoms with van der Waals surface area (Å²) in [7, 11) is 2.06. The summed E-state index contributed by atoms with van der Waals surface area (Å²) in [6.45, 7) is 4.50. The van der Waals surface area contributed by atoms with Crippen LogP contribution in [0.15, 0.2) is 0 Å². The maximum absolute atomic E-state index is 12.6. The van der Waals surface area contributed by atoms with Crippen LogP contribution >= 0.6 is 0 Å². The van der Waals surface area contributed by atoms with Crippen LogP contribution < -0.4 is 0 Å². The summed E-state index contributed by atoms with van der Waals surface area (Å²) in [5, 5.41) is 9.69. The van der Waals surface area contributed by atoms with Gasteiger partial charge < -0.3 is 14.9 Å². The number of carboxylic acid groups (broad SMARTS) is 1. The minimum Gasteiger partial charge on any atom is -0.481 e. The summed E-state index contributed by atoms with van der Waals surface area (Å²) >= 11 is 0. The van der Waals surface area contributed by atoms with Crippen molar-refractivity contribution >= 4 is 11.9 Å². The normalized spacial score (nSPS) is 27.1. The average Bonchev–Trinajstić information content (AvgIpc) is 2.65. The first-order chi connectivity index (χ1) is 9.94. The third kappa shape index (κ3) is 3.76. The van der Waals surface area contributed by atoms with Gasteiger partial charge in [0, 0.05) is 32.1 Å². The van der Waals surface area contributed by atoms with E-state index in [0.29, 0.717) is 19.4 Å². The standard InChI is InChI=1S/C16H28N2O3/c1-13-12-17(2)9-10-18(13)14(19)11-16(15(20)21)7-5-3-4-6-8-16/h13H,3-12H2,1-2H3,(H,20,21). The van der Waals surface area contributed by atoms with Gasteiger partial charge in [0.25, 0.3) is 0 Å². The molecule has 1 amide bonds. The largest absolute Gasteiger partial charge is 0.481 e. The van der Waals surface area contributed by atoms with E-state index < -0.39 is 11.4 Å². The number of hydrogen-bond donors (Lipinski definition) is 1. The van der Waals surface area contributed by atoms with Crippen molar-refractivity contribution in [3.05, 3.63) is 0 Å². The molecule has 1 N–H and O–H groups in total. The SMILES string of the molecule is CC1CN(C)CCN1C(=O)CC1(C(=O)O)CCCCCC1. The van der Waals surface area contributed by atoms with E-state index in [1.807, 2.05) is 11.8 Å². The quantitative estimate of drug-likeness (QED) is 0.809. The van der Waals surface area contributed by atoms with Crippen LogP contribution in [0.3, 0.4) is 0 Å². The lowest BCUT2D eigenvalue weighted by molar-refractivity contribution is -0.156. The molecule has 5 nitrogen and oxygen atoms in total. The van der Waals surface area contributed by atoms with Gasteiger partial charge in [0.15, 0.2) is 0 Å². The Balaban J connectivity index is 2.06. The highest BCUT2D eigenvalue weighted by atomic mass is 16.4. The molecule has 0 radical (unpaired) electrons. The van der Waals surface area contributed by atoms with Crippen LogP contribution in [-0.4, -0.2) is 59.5 Å². The van der Waals surface area contributed by atoms with Gasteiger partial charge in [0.1, 0.15) is 0 Å². The molecule has 21 heavy (non-hydrogen) atoms. The predicted molar refractivity (Wildman–Crippen MR) is 81.1 cm³/mol. The molecule has 5 heteroatoms. The molecule has 1 unspecified atom stereocenters. The van der Waals surface area contributed by atoms with Gasteiger partial charge in [-0.2, -0.15) is 0 Å². The molecule has 120 valence electrons. The molecule has 0 aromatic rings. The number of carboxylic acids is 1. The van der Waals surface area contributed by atoms with E-state index in [1.165, 1.54) is 0 Å². The van der Waals surface area contributed by atoms with Crippen molar-refractivity contribution in [2.24, 2.45) is 5.41 Å². The Kier molecular flexibility index (Phi) is 5.25. The third-order valence-corrected chi connectivity index (χ3v) is 5.15. The number of carbonyl (C=O) groups excluding carboxylic acids is 1. The Morgan fingerprint density at radius 3 is 2.29 bits per heavy atom. The molecule has 0 bridgehead atoms. The average molecular weight is 296 g/mol. The zero-order valence-electron chi connectivity index (χ0n) is 13.3. The molecule has 0 aromatic heterocycles. The zero-order chi connectivity index (χ0) is 15.5. The lowest BCUT2D eigenvalue weighted by atomic mass is 9.77. The van der Waals surface area contributed by atoms with Crippen LogP contribution in [0, 0.1) is 5.41 Å². The highest BCUT2D eigenvalue weighted by Gasteiger charge is 2.42. The van der Waals surface area contributed by atoms with Gasteiger partial charge >= 0.3 is 5.97 Å². The maximum atomic E-state index is 12.6. The van der Waals surface area contributed by atoms with E-state index in [2.05, 4.69) is 11.9 Å². The molecule has 0 aromatic carbocycles. The van der Waals surface area contributed by atoms with Crippen LogP contribution in [-0.2, 0) is 9.59 Å². The molecule has 1 heterocycles. The number of carbonyl (C=O) groups is 2. The van der Waals surface area contributed by atoms with Gasteiger partial charge in [-0.25, -0.2) is 0 Å². The molecule has 2 rings (SSSR count). The highest BCUT2D eigenvalue weighted by molar-refractivity contribution is 5.85. The minimum absolute atomic E-state index is 0.0277. The van der Waals surface area contributed by atoms with E-state index in [0.717, 1.165) is 38.8 Å². The first kappa shape index (κ1) is 16.3. The fraction of sp³-hybridized carbons (Fsp3) is 0.875. The number of hydrogen-bond acceptors (Lipinski definition) is 3. The second-order valence-electron chi connectivity index (χ2n) is 6.87. The van der Waals surface area contributed by atoms with E-state index in [1.54, 1.807) is 0 Å².